The Hall–Kier alpha value is 1.97. The molecule has 0 N–H and O–H groups in total. The second-order valence-electron chi connectivity index (χ2n) is 12.7. The van der Waals surface area contributed by atoms with Crippen LogP contribution in [0.2, 0.25) is 22.1 Å². The van der Waals surface area contributed by atoms with Crippen LogP contribution < -0.4 is 0 Å². The van der Waals surface area contributed by atoms with Crippen LogP contribution in [0.25, 0.3) is 0 Å². The monoisotopic (exact) mass is 811 g/mol. The number of hydrogen-bond donors (Lipinski definition) is 0. The lowest BCUT2D eigenvalue weighted by Gasteiger charge is -2.24. The predicted octanol–water partition coefficient (Wildman–Crippen LogP) is 12.8. The van der Waals surface area contributed by atoms with E-state index in [1.54, 1.807) is 0 Å². The standard InChI is InChI=1S/C8H17N.2C7H15N.C5H11N.2C4H10.2C2H6.2C2H5.2CH3.4Al/c1-2-3-6-9-7-4-5-8-9;2*1-2-8-6-4-3-5-7-8;1-6-4-2-3-5-6;2*1-3-4-2;4*1-2;;;;;;/h2-8H2,1H3;2*2-7H2,1H3;2-5H2,1H3;2*3-4H2,1-2H3;2*1-2H3;2*1H2,2H3;2*1H3;;;;. The highest BCUT2D eigenvalue weighted by Crippen LogP contribution is 2.08. The van der Waals surface area contributed by atoms with E-state index in [4.69, 9.17) is 0 Å². The summed E-state index contributed by atoms with van der Waals surface area (Å²) < 4.78 is 0. The van der Waals surface area contributed by atoms with Gasteiger partial charge >= 0.3 is 0 Å². The summed E-state index contributed by atoms with van der Waals surface area (Å²) in [6.45, 7) is 42.2. The molecule has 8 heteroatoms. The Balaban J connectivity index is -0.0000000726. The number of likely N-dealkylation sites (tertiary alicyclic amines) is 4. The van der Waals surface area contributed by atoms with E-state index in [2.05, 4.69) is 154 Å². The maximum absolute atomic E-state index is 2.58. The van der Waals surface area contributed by atoms with Crippen LogP contribution in [-0.2, 0) is 0 Å². The van der Waals surface area contributed by atoms with E-state index in [1.165, 1.54) is 185 Å². The maximum Gasteiger partial charge on any atom is 0.117 e. The Morgan fingerprint density at radius 3 is 0.755 bits per heavy atom. The zero-order valence-electron chi connectivity index (χ0n) is 40.6. The summed E-state index contributed by atoms with van der Waals surface area (Å²) in [4.78, 5) is 9.97. The zero-order valence-corrected chi connectivity index (χ0v) is 45.2. The summed E-state index contributed by atoms with van der Waals surface area (Å²) in [5, 5.41) is 2.33. The Bertz CT molecular complexity index is 428. The molecule has 0 spiro atoms. The molecule has 4 fully saturated rings. The first-order chi connectivity index (χ1) is 25.8. The topological polar surface area (TPSA) is 13.0 Å². The van der Waals surface area contributed by atoms with E-state index in [0.29, 0.717) is 0 Å². The molecule has 4 rings (SSSR count). The Morgan fingerprint density at radius 2 is 0.585 bits per heavy atom. The average molecular weight is 811 g/mol. The molecule has 4 aliphatic heterocycles. The van der Waals surface area contributed by atoms with Crippen LogP contribution in [0.5, 0.6) is 0 Å². The van der Waals surface area contributed by atoms with Crippen molar-refractivity contribution in [2.75, 3.05) is 79.0 Å². The van der Waals surface area contributed by atoms with Gasteiger partial charge in [0.1, 0.15) is 65.2 Å². The van der Waals surface area contributed by atoms with E-state index < -0.39 is 0 Å². The molecule has 4 nitrogen and oxygen atoms in total. The minimum absolute atomic E-state index is 1.17. The number of nitrogens with zero attached hydrogens (tertiary/aromatic N) is 4. The highest BCUT2D eigenvalue weighted by molar-refractivity contribution is 6.08. The molecule has 0 atom stereocenters. The molecule has 0 unspecified atom stereocenters. The van der Waals surface area contributed by atoms with Gasteiger partial charge in [0.05, 0.1) is 0 Å². The third-order valence-corrected chi connectivity index (χ3v) is 8.15. The van der Waals surface area contributed by atoms with Crippen LogP contribution >= 0.6 is 0 Å². The van der Waals surface area contributed by atoms with Gasteiger partial charge in [-0.25, -0.2) is 0 Å². The second kappa shape index (κ2) is 82.0. The molecule has 4 aliphatic rings. The smallest absolute Gasteiger partial charge is 0.117 e. The molecule has 4 saturated heterocycles. The summed E-state index contributed by atoms with van der Waals surface area (Å²) in [5.41, 5.74) is 0. The van der Waals surface area contributed by atoms with Gasteiger partial charge in [0.25, 0.3) is 0 Å². The quantitative estimate of drug-likeness (QED) is 0.238. The summed E-state index contributed by atoms with van der Waals surface area (Å²) in [6.07, 6.45) is 22.3. The molecule has 0 saturated carbocycles. The number of unbranched alkanes of at least 4 members (excludes halogenated alkanes) is 3. The molecule has 0 aromatic heterocycles. The van der Waals surface area contributed by atoms with Gasteiger partial charge in [0.15, 0.2) is 0 Å². The first kappa shape index (κ1) is 72.6. The van der Waals surface area contributed by atoms with Crippen LogP contribution in [0.15, 0.2) is 0 Å². The fraction of sp³-hybridized carbons (Fsp3) is 1.00. The molecule has 0 aromatic rings. The van der Waals surface area contributed by atoms with Crippen LogP contribution in [0.1, 0.15) is 193 Å². The van der Waals surface area contributed by atoms with Crippen molar-refractivity contribution in [2.24, 2.45) is 0 Å². The number of rotatable bonds is 7. The number of piperidine rings is 2. The van der Waals surface area contributed by atoms with E-state index >= 15 is 0 Å². The third-order valence-electron chi connectivity index (χ3n) is 8.15. The molecule has 8 radical (unpaired) electrons. The lowest BCUT2D eigenvalue weighted by molar-refractivity contribution is 0.240. The van der Waals surface area contributed by atoms with Crippen molar-refractivity contribution in [3.8, 4) is 0 Å². The van der Waals surface area contributed by atoms with Crippen LogP contribution in [0.3, 0.4) is 0 Å². The largest absolute Gasteiger partial charge is 0.306 e. The van der Waals surface area contributed by atoms with Crippen molar-refractivity contribution in [3.63, 3.8) is 0 Å². The molecule has 4 heterocycles. The van der Waals surface area contributed by atoms with Gasteiger partial charge in [-0.3, -0.25) is 0 Å². The van der Waals surface area contributed by atoms with Crippen LogP contribution in [-0.4, -0.2) is 164 Å². The van der Waals surface area contributed by atoms with Crippen LogP contribution in [0.4, 0.5) is 0 Å². The maximum atomic E-state index is 2.58. The summed E-state index contributed by atoms with van der Waals surface area (Å²) in [6, 6.07) is 0. The molecule has 0 aliphatic carbocycles. The summed E-state index contributed by atoms with van der Waals surface area (Å²) in [7, 11) is 2.17. The van der Waals surface area contributed by atoms with Crippen molar-refractivity contribution in [2.45, 2.75) is 215 Å². The normalized spacial score (nSPS) is 15.8. The van der Waals surface area contributed by atoms with E-state index in [0.717, 1.165) is 0 Å². The van der Waals surface area contributed by atoms with Gasteiger partial charge in [-0.05, 0) is 137 Å². The fourth-order valence-electron chi connectivity index (χ4n) is 4.81. The van der Waals surface area contributed by atoms with Crippen molar-refractivity contribution < 1.29 is 0 Å². The van der Waals surface area contributed by atoms with Crippen LogP contribution in [0, 0.1) is 0 Å². The van der Waals surface area contributed by atoms with Gasteiger partial charge < -0.3 is 19.6 Å². The third kappa shape index (κ3) is 82.8. The first-order valence-electron chi connectivity index (χ1n) is 23.3. The van der Waals surface area contributed by atoms with Gasteiger partial charge in [-0.2, -0.15) is 0 Å². The molecule has 0 aromatic carbocycles. The van der Waals surface area contributed by atoms with Crippen molar-refractivity contribution in [1.29, 1.82) is 0 Å². The van der Waals surface area contributed by atoms with Crippen molar-refractivity contribution in [1.82, 2.24) is 19.6 Å². The van der Waals surface area contributed by atoms with E-state index in [1.807, 2.05) is 39.3 Å². The minimum atomic E-state index is 1.17. The Morgan fingerprint density at radius 1 is 0.358 bits per heavy atom. The predicted molar refractivity (Wildman–Crippen MR) is 259 cm³/mol. The van der Waals surface area contributed by atoms with Gasteiger partial charge in [-0.1, -0.05) is 135 Å². The Kier molecular flexibility index (Phi) is 112. The van der Waals surface area contributed by atoms with E-state index in [9.17, 15) is 0 Å². The fourth-order valence-corrected chi connectivity index (χ4v) is 4.81. The van der Waals surface area contributed by atoms with Gasteiger partial charge in [-0.15, -0.1) is 22.1 Å². The molecule has 53 heavy (non-hydrogen) atoms. The van der Waals surface area contributed by atoms with Gasteiger partial charge in [0, 0.05) is 0 Å². The molecule has 0 bridgehead atoms. The van der Waals surface area contributed by atoms with Crippen molar-refractivity contribution in [3.05, 3.63) is 0 Å². The highest BCUT2D eigenvalue weighted by atomic mass is 27.1. The second-order valence-corrected chi connectivity index (χ2v) is 14.4. The summed E-state index contributed by atoms with van der Waals surface area (Å²) >= 11 is 9.99. The average Bonchev–Trinajstić information content (AvgIpc) is 3.96. The Labute approximate surface area is 376 Å². The first-order valence-corrected chi connectivity index (χ1v) is 27.2. The zero-order chi connectivity index (χ0) is 42.8. The molecular formula is C45H106Al4N4. The summed E-state index contributed by atoms with van der Waals surface area (Å²) in [5.74, 6) is 3.83. The highest BCUT2D eigenvalue weighted by Gasteiger charge is 2.09. The lowest BCUT2D eigenvalue weighted by Crippen LogP contribution is -2.29. The van der Waals surface area contributed by atoms with Gasteiger partial charge in [0.2, 0.25) is 0 Å². The molecule has 0 amide bonds. The molecular weight excluding hydrogens is 704 g/mol. The number of hydrogen-bond acceptors (Lipinski definition) is 4. The van der Waals surface area contributed by atoms with Crippen molar-refractivity contribution >= 4 is 65.2 Å². The lowest BCUT2D eigenvalue weighted by atomic mass is 10.1. The molecule has 318 valence electrons. The van der Waals surface area contributed by atoms with E-state index in [-0.39, 0.29) is 0 Å². The minimum Gasteiger partial charge on any atom is -0.306 e. The SMILES string of the molecule is CC.CC.CCCC.CCCC.CCCCN1CCCC1.CCN1CCCCC1.CCN1CCCCC1.CN1CCCC1.C[CH2][Al].C[CH2][Al].[CH3][Al].[CH3][Al].